The summed E-state index contributed by atoms with van der Waals surface area (Å²) in [5.74, 6) is -0.430. The predicted molar refractivity (Wildman–Crippen MR) is 102 cm³/mol. The topological polar surface area (TPSA) is 79.4 Å². The monoisotopic (exact) mass is 391 g/mol. The molecule has 1 fully saturated rings. The first kappa shape index (κ1) is 19.3. The van der Waals surface area contributed by atoms with E-state index in [-0.39, 0.29) is 35.0 Å². The summed E-state index contributed by atoms with van der Waals surface area (Å²) < 4.78 is 36.2. The molecule has 1 N–H and O–H groups in total. The first-order valence-electron chi connectivity index (χ1n) is 8.76. The Morgan fingerprint density at radius 1 is 1.30 bits per heavy atom. The van der Waals surface area contributed by atoms with Crippen molar-refractivity contribution in [3.05, 3.63) is 59.7 Å². The highest BCUT2D eigenvalue weighted by Gasteiger charge is 2.33. The van der Waals surface area contributed by atoms with E-state index in [1.807, 2.05) is 0 Å². The van der Waals surface area contributed by atoms with Crippen molar-refractivity contribution in [2.45, 2.75) is 18.9 Å². The number of halogens is 1. The molecule has 1 atom stereocenters. The van der Waals surface area contributed by atoms with E-state index in [0.29, 0.717) is 19.4 Å². The lowest BCUT2D eigenvalue weighted by Gasteiger charge is -2.23. The Bertz CT molecular complexity index is 916. The van der Waals surface area contributed by atoms with Crippen LogP contribution in [0.1, 0.15) is 22.5 Å². The van der Waals surface area contributed by atoms with Gasteiger partial charge in [-0.3, -0.25) is 9.78 Å². The number of amides is 1. The van der Waals surface area contributed by atoms with Gasteiger partial charge in [-0.05, 0) is 42.7 Å². The molecule has 2 heterocycles. The van der Waals surface area contributed by atoms with Gasteiger partial charge in [-0.1, -0.05) is 12.1 Å². The molecule has 1 aromatic heterocycles. The Morgan fingerprint density at radius 3 is 2.70 bits per heavy atom. The SMILES string of the molecule is CN(C(=O)c1cc(NCCc2ccc(F)cc2)ccn1)C1CCS(=O)(=O)C1. The summed E-state index contributed by atoms with van der Waals surface area (Å²) in [6, 6.07) is 9.45. The van der Waals surface area contributed by atoms with Crippen molar-refractivity contribution in [2.75, 3.05) is 30.4 Å². The molecule has 1 amide bonds. The first-order valence-corrected chi connectivity index (χ1v) is 10.6. The third-order valence-corrected chi connectivity index (χ3v) is 6.46. The van der Waals surface area contributed by atoms with Gasteiger partial charge in [0.2, 0.25) is 0 Å². The molecule has 2 aromatic rings. The number of nitrogens with zero attached hydrogens (tertiary/aromatic N) is 2. The molecule has 6 nitrogen and oxygen atoms in total. The van der Waals surface area contributed by atoms with Crippen LogP contribution in [-0.4, -0.2) is 55.3 Å². The molecule has 0 saturated carbocycles. The molecular weight excluding hydrogens is 369 g/mol. The van der Waals surface area contributed by atoms with E-state index < -0.39 is 9.84 Å². The van der Waals surface area contributed by atoms with E-state index in [1.165, 1.54) is 17.0 Å². The van der Waals surface area contributed by atoms with Crippen LogP contribution in [0.5, 0.6) is 0 Å². The molecule has 1 saturated heterocycles. The van der Waals surface area contributed by atoms with Crippen LogP contribution in [0.4, 0.5) is 10.1 Å². The zero-order valence-corrected chi connectivity index (χ0v) is 15.9. The molecule has 144 valence electrons. The number of benzene rings is 1. The lowest BCUT2D eigenvalue weighted by Crippen LogP contribution is -2.38. The molecule has 0 spiro atoms. The molecule has 0 aliphatic carbocycles. The number of hydrogen-bond acceptors (Lipinski definition) is 5. The van der Waals surface area contributed by atoms with E-state index in [0.717, 1.165) is 11.3 Å². The van der Waals surface area contributed by atoms with Gasteiger partial charge in [-0.25, -0.2) is 12.8 Å². The zero-order chi connectivity index (χ0) is 19.4. The fourth-order valence-electron chi connectivity index (χ4n) is 3.09. The van der Waals surface area contributed by atoms with Gasteiger partial charge in [-0.2, -0.15) is 0 Å². The Balaban J connectivity index is 1.59. The Kier molecular flexibility index (Phi) is 5.74. The second kappa shape index (κ2) is 8.04. The maximum atomic E-state index is 12.9. The van der Waals surface area contributed by atoms with Gasteiger partial charge in [0.1, 0.15) is 11.5 Å². The van der Waals surface area contributed by atoms with Gasteiger partial charge in [0.25, 0.3) is 5.91 Å². The molecule has 1 aliphatic rings. The normalized spacial score (nSPS) is 18.2. The van der Waals surface area contributed by atoms with Crippen LogP contribution in [0.25, 0.3) is 0 Å². The van der Waals surface area contributed by atoms with E-state index in [2.05, 4.69) is 10.3 Å². The second-order valence-corrected chi connectivity index (χ2v) is 8.93. The molecule has 8 heteroatoms. The summed E-state index contributed by atoms with van der Waals surface area (Å²) in [5, 5.41) is 3.22. The smallest absolute Gasteiger partial charge is 0.272 e. The van der Waals surface area contributed by atoms with Crippen LogP contribution >= 0.6 is 0 Å². The van der Waals surface area contributed by atoms with Crippen molar-refractivity contribution in [1.82, 2.24) is 9.88 Å². The summed E-state index contributed by atoms with van der Waals surface area (Å²) in [6.45, 7) is 0.625. The van der Waals surface area contributed by atoms with E-state index in [1.54, 1.807) is 37.5 Å². The van der Waals surface area contributed by atoms with Gasteiger partial charge in [0, 0.05) is 31.5 Å². The summed E-state index contributed by atoms with van der Waals surface area (Å²) in [5.41, 5.74) is 2.04. The Morgan fingerprint density at radius 2 is 2.04 bits per heavy atom. The molecule has 3 rings (SSSR count). The number of aromatic nitrogens is 1. The Labute approximate surface area is 158 Å². The van der Waals surface area contributed by atoms with Gasteiger partial charge in [0.05, 0.1) is 11.5 Å². The van der Waals surface area contributed by atoms with Gasteiger partial charge in [-0.15, -0.1) is 0 Å². The van der Waals surface area contributed by atoms with Gasteiger partial charge < -0.3 is 10.2 Å². The zero-order valence-electron chi connectivity index (χ0n) is 15.1. The van der Waals surface area contributed by atoms with Crippen molar-refractivity contribution in [1.29, 1.82) is 0 Å². The molecule has 27 heavy (non-hydrogen) atoms. The minimum absolute atomic E-state index is 0.00481. The minimum Gasteiger partial charge on any atom is -0.385 e. The number of carbonyl (C=O) groups is 1. The van der Waals surface area contributed by atoms with Crippen molar-refractivity contribution in [3.63, 3.8) is 0 Å². The maximum Gasteiger partial charge on any atom is 0.272 e. The lowest BCUT2D eigenvalue weighted by molar-refractivity contribution is 0.0742. The van der Waals surface area contributed by atoms with Gasteiger partial charge in [0.15, 0.2) is 9.84 Å². The Hall–Kier alpha value is -2.48. The molecule has 0 radical (unpaired) electrons. The number of rotatable bonds is 6. The standard InChI is InChI=1S/C19H22FN3O3S/c1-23(17-8-11-27(25,26)13-17)19(24)18-12-16(7-10-22-18)21-9-6-14-2-4-15(20)5-3-14/h2-5,7,10,12,17H,6,8-9,11,13H2,1H3,(H,21,22). The first-order chi connectivity index (χ1) is 12.8. The predicted octanol–water partition coefficient (Wildman–Crippen LogP) is 2.13. The third kappa shape index (κ3) is 5.03. The molecule has 0 bridgehead atoms. The fourth-order valence-corrected chi connectivity index (χ4v) is 4.86. The quantitative estimate of drug-likeness (QED) is 0.816. The highest BCUT2D eigenvalue weighted by Crippen LogP contribution is 2.19. The number of nitrogens with one attached hydrogen (secondary N) is 1. The van der Waals surface area contributed by atoms with Crippen LogP contribution in [-0.2, 0) is 16.3 Å². The highest BCUT2D eigenvalue weighted by atomic mass is 32.2. The lowest BCUT2D eigenvalue weighted by atomic mass is 10.1. The highest BCUT2D eigenvalue weighted by molar-refractivity contribution is 7.91. The van der Waals surface area contributed by atoms with Crippen molar-refractivity contribution in [3.8, 4) is 0 Å². The third-order valence-electron chi connectivity index (χ3n) is 4.71. The molecular formula is C19H22FN3O3S. The van der Waals surface area contributed by atoms with E-state index >= 15 is 0 Å². The average Bonchev–Trinajstić information content (AvgIpc) is 3.02. The van der Waals surface area contributed by atoms with Crippen LogP contribution in [0.3, 0.4) is 0 Å². The summed E-state index contributed by atoms with van der Waals surface area (Å²) in [4.78, 5) is 18.2. The fraction of sp³-hybridized carbons (Fsp3) is 0.368. The van der Waals surface area contributed by atoms with Crippen molar-refractivity contribution < 1.29 is 17.6 Å². The van der Waals surface area contributed by atoms with Crippen LogP contribution in [0, 0.1) is 5.82 Å². The van der Waals surface area contributed by atoms with E-state index in [4.69, 9.17) is 0 Å². The van der Waals surface area contributed by atoms with Gasteiger partial charge >= 0.3 is 0 Å². The maximum absolute atomic E-state index is 12.9. The van der Waals surface area contributed by atoms with Crippen LogP contribution < -0.4 is 5.32 Å². The van der Waals surface area contributed by atoms with Crippen LogP contribution in [0.15, 0.2) is 42.6 Å². The van der Waals surface area contributed by atoms with E-state index in [9.17, 15) is 17.6 Å². The molecule has 1 aliphatic heterocycles. The minimum atomic E-state index is -3.06. The van der Waals surface area contributed by atoms with Crippen molar-refractivity contribution in [2.24, 2.45) is 0 Å². The van der Waals surface area contributed by atoms with Crippen molar-refractivity contribution >= 4 is 21.4 Å². The summed E-state index contributed by atoms with van der Waals surface area (Å²) in [6.07, 6.45) is 2.72. The van der Waals surface area contributed by atoms with Crippen LogP contribution in [0.2, 0.25) is 0 Å². The number of carbonyl (C=O) groups excluding carboxylic acids is 1. The second-order valence-electron chi connectivity index (χ2n) is 6.71. The number of pyridine rings is 1. The summed E-state index contributed by atoms with van der Waals surface area (Å²) >= 11 is 0. The molecule has 1 aromatic carbocycles. The number of anilines is 1. The molecule has 1 unspecified atom stereocenters. The average molecular weight is 391 g/mol. The largest absolute Gasteiger partial charge is 0.385 e. The summed E-state index contributed by atoms with van der Waals surface area (Å²) in [7, 11) is -1.44. The number of hydrogen-bond donors (Lipinski definition) is 1. The number of sulfone groups is 1.